The van der Waals surface area contributed by atoms with Gasteiger partial charge in [-0.15, -0.1) is 11.3 Å². The molecule has 0 fully saturated rings. The number of carbonyl (C=O) groups is 3. The number of aliphatic carboxylic acids is 1. The minimum absolute atomic E-state index is 0.0580. The van der Waals surface area contributed by atoms with Crippen LogP contribution >= 0.6 is 11.3 Å². The molecule has 0 aliphatic carbocycles. The van der Waals surface area contributed by atoms with Gasteiger partial charge in [0.15, 0.2) is 0 Å². The van der Waals surface area contributed by atoms with E-state index in [2.05, 4.69) is 5.32 Å². The van der Waals surface area contributed by atoms with Gasteiger partial charge in [0.05, 0.1) is 24.9 Å². The second-order valence-corrected chi connectivity index (χ2v) is 7.30. The van der Waals surface area contributed by atoms with Crippen LogP contribution in [0, 0.1) is 0 Å². The Balaban J connectivity index is 1.79. The maximum Gasteiger partial charge on any atom is 0.305 e. The van der Waals surface area contributed by atoms with Crippen molar-refractivity contribution in [3.05, 3.63) is 64.0 Å². The second kappa shape index (κ2) is 8.18. The van der Waals surface area contributed by atoms with Gasteiger partial charge in [-0.05, 0) is 28.6 Å². The number of carbonyl (C=O) groups excluding carboxylic acids is 2. The first kappa shape index (κ1) is 18.8. The second-order valence-electron chi connectivity index (χ2n) is 6.32. The van der Waals surface area contributed by atoms with Crippen LogP contribution in [0.2, 0.25) is 0 Å². The average Bonchev–Trinajstić information content (AvgIpc) is 3.15. The summed E-state index contributed by atoms with van der Waals surface area (Å²) in [6.07, 6.45) is 3.41. The maximum absolute atomic E-state index is 12.7. The predicted octanol–water partition coefficient (Wildman–Crippen LogP) is 3.34. The number of nitrogens with zero attached hydrogens (tertiary/aromatic N) is 1. The summed E-state index contributed by atoms with van der Waals surface area (Å²) in [6, 6.07) is 10.2. The Morgan fingerprint density at radius 2 is 2.00 bits per heavy atom. The third-order valence-electron chi connectivity index (χ3n) is 4.45. The fourth-order valence-electron chi connectivity index (χ4n) is 3.23. The van der Waals surface area contributed by atoms with Crippen LogP contribution in [0.15, 0.2) is 48.0 Å². The molecule has 0 spiro atoms. The minimum atomic E-state index is -0.981. The van der Waals surface area contributed by atoms with Crippen LogP contribution in [-0.4, -0.2) is 27.8 Å². The maximum atomic E-state index is 12.7. The molecule has 140 valence electrons. The zero-order valence-electron chi connectivity index (χ0n) is 14.8. The Hall–Kier alpha value is -2.93. The normalized spacial score (nSPS) is 16.5. The number of amides is 2. The molecular formula is C20H20N2O4S. The van der Waals surface area contributed by atoms with Crippen molar-refractivity contribution in [2.75, 3.05) is 0 Å². The molecule has 2 aromatic rings. The van der Waals surface area contributed by atoms with Crippen molar-refractivity contribution in [2.24, 2.45) is 0 Å². The summed E-state index contributed by atoms with van der Waals surface area (Å²) >= 11 is 1.40. The molecule has 0 bridgehead atoms. The van der Waals surface area contributed by atoms with Crippen LogP contribution in [0.25, 0.3) is 6.08 Å². The monoisotopic (exact) mass is 384 g/mol. The molecular weight excluding hydrogens is 364 g/mol. The van der Waals surface area contributed by atoms with Crippen molar-refractivity contribution < 1.29 is 19.5 Å². The standard InChI is InChI=1S/C20H20N2O4S/c1-13(23)22-9-8-14-5-2-3-6-15(14)17(22)12-19(24)21-16(11-20(25)26)18-7-4-10-27-18/h2-10,16-17H,11-12H2,1H3,(H,21,24)(H,25,26). The number of carboxylic acid groups (broad SMARTS) is 1. The van der Waals surface area contributed by atoms with E-state index in [1.165, 1.54) is 18.3 Å². The van der Waals surface area contributed by atoms with Gasteiger partial charge in [0.2, 0.25) is 11.8 Å². The van der Waals surface area contributed by atoms with Crippen LogP contribution in [0.5, 0.6) is 0 Å². The molecule has 0 saturated carbocycles. The molecule has 0 radical (unpaired) electrons. The number of fused-ring (bicyclic) bond motifs is 1. The zero-order chi connectivity index (χ0) is 19.4. The molecule has 2 N–H and O–H groups in total. The fourth-order valence-corrected chi connectivity index (χ4v) is 4.01. The van der Waals surface area contributed by atoms with Crippen molar-refractivity contribution in [1.82, 2.24) is 10.2 Å². The lowest BCUT2D eigenvalue weighted by atomic mass is 9.93. The first-order valence-corrected chi connectivity index (χ1v) is 9.44. The predicted molar refractivity (Wildman–Crippen MR) is 103 cm³/mol. The Morgan fingerprint density at radius 3 is 2.67 bits per heavy atom. The number of carboxylic acids is 1. The highest BCUT2D eigenvalue weighted by atomic mass is 32.1. The number of benzene rings is 1. The summed E-state index contributed by atoms with van der Waals surface area (Å²) < 4.78 is 0. The van der Waals surface area contributed by atoms with Crippen LogP contribution < -0.4 is 5.32 Å². The van der Waals surface area contributed by atoms with Crippen LogP contribution in [0.3, 0.4) is 0 Å². The van der Waals surface area contributed by atoms with Gasteiger partial charge in [0.25, 0.3) is 0 Å². The SMILES string of the molecule is CC(=O)N1C=Cc2ccccc2C1CC(=O)NC(CC(=O)O)c1cccs1. The van der Waals surface area contributed by atoms with Crippen LogP contribution in [0.4, 0.5) is 0 Å². The topological polar surface area (TPSA) is 86.7 Å². The highest BCUT2D eigenvalue weighted by molar-refractivity contribution is 7.10. The lowest BCUT2D eigenvalue weighted by Crippen LogP contribution is -2.36. The van der Waals surface area contributed by atoms with Gasteiger partial charge >= 0.3 is 5.97 Å². The number of nitrogens with one attached hydrogen (secondary N) is 1. The largest absolute Gasteiger partial charge is 0.481 e. The van der Waals surface area contributed by atoms with E-state index >= 15 is 0 Å². The first-order valence-electron chi connectivity index (χ1n) is 8.56. The van der Waals surface area contributed by atoms with Gasteiger partial charge < -0.3 is 15.3 Å². The van der Waals surface area contributed by atoms with Gasteiger partial charge in [0, 0.05) is 18.0 Å². The molecule has 0 saturated heterocycles. The molecule has 2 heterocycles. The molecule has 1 aliphatic heterocycles. The van der Waals surface area contributed by atoms with E-state index in [0.717, 1.165) is 16.0 Å². The quantitative estimate of drug-likeness (QED) is 0.800. The van der Waals surface area contributed by atoms with Crippen molar-refractivity contribution in [3.63, 3.8) is 0 Å². The summed E-state index contributed by atoms with van der Waals surface area (Å²) in [5, 5.41) is 13.8. The van der Waals surface area contributed by atoms with E-state index < -0.39 is 18.1 Å². The van der Waals surface area contributed by atoms with E-state index in [0.29, 0.717) is 0 Å². The lowest BCUT2D eigenvalue weighted by Gasteiger charge is -2.32. The highest BCUT2D eigenvalue weighted by Gasteiger charge is 2.29. The summed E-state index contributed by atoms with van der Waals surface area (Å²) in [5.74, 6) is -1.43. The number of hydrogen-bond donors (Lipinski definition) is 2. The van der Waals surface area contributed by atoms with Gasteiger partial charge in [-0.1, -0.05) is 30.3 Å². The summed E-state index contributed by atoms with van der Waals surface area (Å²) in [7, 11) is 0. The third kappa shape index (κ3) is 4.43. The van der Waals surface area contributed by atoms with Crippen molar-refractivity contribution in [3.8, 4) is 0 Å². The summed E-state index contributed by atoms with van der Waals surface area (Å²) in [4.78, 5) is 38.2. The van der Waals surface area contributed by atoms with E-state index in [4.69, 9.17) is 5.11 Å². The number of thiophene rings is 1. The fraction of sp³-hybridized carbons (Fsp3) is 0.250. The molecule has 27 heavy (non-hydrogen) atoms. The smallest absolute Gasteiger partial charge is 0.305 e. The Bertz CT molecular complexity index is 876. The highest BCUT2D eigenvalue weighted by Crippen LogP contribution is 2.33. The van der Waals surface area contributed by atoms with Crippen molar-refractivity contribution in [2.45, 2.75) is 31.8 Å². The van der Waals surface area contributed by atoms with Gasteiger partial charge in [0.1, 0.15) is 0 Å². The van der Waals surface area contributed by atoms with Gasteiger partial charge in [-0.25, -0.2) is 0 Å². The molecule has 1 aromatic heterocycles. The lowest BCUT2D eigenvalue weighted by molar-refractivity contribution is -0.137. The molecule has 2 atom stereocenters. The third-order valence-corrected chi connectivity index (χ3v) is 5.43. The van der Waals surface area contributed by atoms with Crippen LogP contribution in [-0.2, 0) is 14.4 Å². The Labute approximate surface area is 161 Å². The van der Waals surface area contributed by atoms with Gasteiger partial charge in [-0.3, -0.25) is 14.4 Å². The molecule has 6 nitrogen and oxygen atoms in total. The molecule has 2 amide bonds. The molecule has 1 aliphatic rings. The summed E-state index contributed by atoms with van der Waals surface area (Å²) in [5.41, 5.74) is 1.87. The Morgan fingerprint density at radius 1 is 1.22 bits per heavy atom. The molecule has 3 rings (SSSR count). The first-order chi connectivity index (χ1) is 13.0. The van der Waals surface area contributed by atoms with Crippen molar-refractivity contribution >= 4 is 35.2 Å². The van der Waals surface area contributed by atoms with E-state index in [1.54, 1.807) is 17.2 Å². The van der Waals surface area contributed by atoms with E-state index in [9.17, 15) is 14.4 Å². The Kier molecular flexibility index (Phi) is 5.71. The minimum Gasteiger partial charge on any atom is -0.481 e. The molecule has 2 unspecified atom stereocenters. The van der Waals surface area contributed by atoms with E-state index in [-0.39, 0.29) is 24.7 Å². The average molecular weight is 384 g/mol. The number of rotatable bonds is 6. The van der Waals surface area contributed by atoms with E-state index in [1.807, 2.05) is 41.8 Å². The van der Waals surface area contributed by atoms with Gasteiger partial charge in [-0.2, -0.15) is 0 Å². The van der Waals surface area contributed by atoms with Crippen LogP contribution in [0.1, 0.15) is 47.9 Å². The number of hydrogen-bond acceptors (Lipinski definition) is 4. The molecule has 7 heteroatoms. The van der Waals surface area contributed by atoms with Crippen molar-refractivity contribution in [1.29, 1.82) is 0 Å². The zero-order valence-corrected chi connectivity index (χ0v) is 15.6. The molecule has 1 aromatic carbocycles. The summed E-state index contributed by atoms with van der Waals surface area (Å²) in [6.45, 7) is 1.46.